The van der Waals surface area contributed by atoms with Crippen LogP contribution in [0.3, 0.4) is 0 Å². The maximum Gasteiger partial charge on any atom is 0.108 e. The van der Waals surface area contributed by atoms with E-state index in [4.69, 9.17) is 0 Å². The number of nitrogens with zero attached hydrogens (tertiary/aromatic N) is 2. The van der Waals surface area contributed by atoms with E-state index in [1.54, 1.807) is 18.6 Å². The van der Waals surface area contributed by atoms with Gasteiger partial charge >= 0.3 is 0 Å². The summed E-state index contributed by atoms with van der Waals surface area (Å²) in [4.78, 5) is 8.27. The number of aliphatic hydroxyl groups is 1. The molecule has 0 radical (unpaired) electrons. The van der Waals surface area contributed by atoms with Gasteiger partial charge in [0.05, 0.1) is 11.9 Å². The SMILES string of the molecule is CC(C)C1CCC(O)(c2cnccn2)CC1. The van der Waals surface area contributed by atoms with E-state index in [0.717, 1.165) is 37.3 Å². The Kier molecular flexibility index (Phi) is 3.24. The summed E-state index contributed by atoms with van der Waals surface area (Å²) < 4.78 is 0. The first-order valence-electron chi connectivity index (χ1n) is 6.11. The first-order valence-corrected chi connectivity index (χ1v) is 6.11. The van der Waals surface area contributed by atoms with Gasteiger partial charge in [0.15, 0.2) is 0 Å². The lowest BCUT2D eigenvalue weighted by molar-refractivity contribution is -0.0238. The fourth-order valence-electron chi connectivity index (χ4n) is 2.58. The number of rotatable bonds is 2. The molecule has 0 saturated heterocycles. The van der Waals surface area contributed by atoms with Crippen LogP contribution >= 0.6 is 0 Å². The van der Waals surface area contributed by atoms with Gasteiger partial charge in [-0.15, -0.1) is 0 Å². The molecule has 0 atom stereocenters. The molecule has 3 heteroatoms. The van der Waals surface area contributed by atoms with Crippen LogP contribution in [0, 0.1) is 11.8 Å². The molecule has 1 aromatic heterocycles. The van der Waals surface area contributed by atoms with Crippen molar-refractivity contribution in [1.29, 1.82) is 0 Å². The topological polar surface area (TPSA) is 46.0 Å². The van der Waals surface area contributed by atoms with Crippen molar-refractivity contribution >= 4 is 0 Å². The molecule has 16 heavy (non-hydrogen) atoms. The van der Waals surface area contributed by atoms with Crippen LogP contribution in [-0.2, 0) is 5.60 Å². The Hall–Kier alpha value is -0.960. The molecule has 88 valence electrons. The van der Waals surface area contributed by atoms with E-state index in [1.807, 2.05) is 0 Å². The maximum atomic E-state index is 10.5. The van der Waals surface area contributed by atoms with E-state index in [9.17, 15) is 5.11 Å². The predicted octanol–water partition coefficient (Wildman–Crippen LogP) is 2.51. The van der Waals surface area contributed by atoms with Crippen molar-refractivity contribution in [2.24, 2.45) is 11.8 Å². The Bertz CT molecular complexity index is 329. The summed E-state index contributed by atoms with van der Waals surface area (Å²) in [5.74, 6) is 1.46. The molecule has 0 aromatic carbocycles. The summed E-state index contributed by atoms with van der Waals surface area (Å²) in [6.07, 6.45) is 8.79. The molecule has 1 saturated carbocycles. The van der Waals surface area contributed by atoms with Gasteiger partial charge in [0.2, 0.25) is 0 Å². The average Bonchev–Trinajstić information content (AvgIpc) is 2.31. The molecule has 3 nitrogen and oxygen atoms in total. The fourth-order valence-corrected chi connectivity index (χ4v) is 2.58. The first-order chi connectivity index (χ1) is 7.62. The summed E-state index contributed by atoms with van der Waals surface area (Å²) in [7, 11) is 0. The van der Waals surface area contributed by atoms with Crippen LogP contribution in [0.5, 0.6) is 0 Å². The summed E-state index contributed by atoms with van der Waals surface area (Å²) >= 11 is 0. The van der Waals surface area contributed by atoms with E-state index < -0.39 is 5.60 Å². The van der Waals surface area contributed by atoms with Crippen LogP contribution in [0.15, 0.2) is 18.6 Å². The molecule has 0 spiro atoms. The standard InChI is InChI=1S/C13H20N2O/c1-10(2)11-3-5-13(16,6-4-11)12-9-14-7-8-15-12/h7-11,16H,3-6H2,1-2H3. The second kappa shape index (κ2) is 4.50. The molecule has 1 aromatic rings. The van der Waals surface area contributed by atoms with Crippen molar-refractivity contribution in [2.45, 2.75) is 45.1 Å². The van der Waals surface area contributed by atoms with Crippen molar-refractivity contribution in [2.75, 3.05) is 0 Å². The lowest BCUT2D eigenvalue weighted by Gasteiger charge is -2.36. The predicted molar refractivity (Wildman–Crippen MR) is 62.7 cm³/mol. The molecule has 0 amide bonds. The summed E-state index contributed by atoms with van der Waals surface area (Å²) in [6.45, 7) is 4.52. The van der Waals surface area contributed by atoms with E-state index in [-0.39, 0.29) is 0 Å². The first kappa shape index (κ1) is 11.5. The van der Waals surface area contributed by atoms with Gasteiger partial charge in [0, 0.05) is 12.4 Å². The summed E-state index contributed by atoms with van der Waals surface area (Å²) in [6, 6.07) is 0. The summed E-state index contributed by atoms with van der Waals surface area (Å²) in [5, 5.41) is 10.5. The van der Waals surface area contributed by atoms with Crippen LogP contribution in [0.1, 0.15) is 45.2 Å². The minimum atomic E-state index is -0.736. The number of aromatic nitrogens is 2. The highest BCUT2D eigenvalue weighted by Gasteiger charge is 2.36. The van der Waals surface area contributed by atoms with E-state index >= 15 is 0 Å². The van der Waals surface area contributed by atoms with Crippen molar-refractivity contribution in [1.82, 2.24) is 9.97 Å². The van der Waals surface area contributed by atoms with Crippen LogP contribution < -0.4 is 0 Å². The van der Waals surface area contributed by atoms with Crippen LogP contribution in [0.2, 0.25) is 0 Å². The smallest absolute Gasteiger partial charge is 0.108 e. The third-order valence-corrected chi connectivity index (χ3v) is 3.84. The van der Waals surface area contributed by atoms with Crippen LogP contribution in [0.25, 0.3) is 0 Å². The molecular weight excluding hydrogens is 200 g/mol. The Morgan fingerprint density at radius 3 is 2.50 bits per heavy atom. The fraction of sp³-hybridized carbons (Fsp3) is 0.692. The van der Waals surface area contributed by atoms with Gasteiger partial charge in [0.1, 0.15) is 5.60 Å². The molecule has 0 aliphatic heterocycles. The summed E-state index contributed by atoms with van der Waals surface area (Å²) in [5.41, 5.74) is -0.00293. The van der Waals surface area contributed by atoms with Gasteiger partial charge in [-0.2, -0.15) is 0 Å². The Morgan fingerprint density at radius 1 is 1.31 bits per heavy atom. The van der Waals surface area contributed by atoms with Crippen molar-refractivity contribution in [3.8, 4) is 0 Å². The quantitative estimate of drug-likeness (QED) is 0.833. The van der Waals surface area contributed by atoms with Crippen molar-refractivity contribution < 1.29 is 5.11 Å². The van der Waals surface area contributed by atoms with E-state index in [0.29, 0.717) is 5.92 Å². The highest BCUT2D eigenvalue weighted by molar-refractivity contribution is 5.09. The van der Waals surface area contributed by atoms with Gasteiger partial charge in [-0.05, 0) is 37.5 Å². The minimum Gasteiger partial charge on any atom is -0.383 e. The molecule has 1 heterocycles. The molecule has 1 N–H and O–H groups in total. The lowest BCUT2D eigenvalue weighted by Crippen LogP contribution is -2.33. The zero-order chi connectivity index (χ0) is 11.6. The third-order valence-electron chi connectivity index (χ3n) is 3.84. The van der Waals surface area contributed by atoms with Gasteiger partial charge in [-0.25, -0.2) is 0 Å². The molecule has 1 fully saturated rings. The molecule has 2 rings (SSSR count). The average molecular weight is 220 g/mol. The Morgan fingerprint density at radius 2 is 2.00 bits per heavy atom. The zero-order valence-electron chi connectivity index (χ0n) is 10.1. The van der Waals surface area contributed by atoms with Gasteiger partial charge in [-0.3, -0.25) is 9.97 Å². The van der Waals surface area contributed by atoms with Gasteiger partial charge < -0.3 is 5.11 Å². The number of hydrogen-bond acceptors (Lipinski definition) is 3. The largest absolute Gasteiger partial charge is 0.383 e. The monoisotopic (exact) mass is 220 g/mol. The highest BCUT2D eigenvalue weighted by Crippen LogP contribution is 2.40. The number of hydrogen-bond donors (Lipinski definition) is 1. The second-order valence-electron chi connectivity index (χ2n) is 5.20. The molecular formula is C13H20N2O. The Labute approximate surface area is 96.9 Å². The highest BCUT2D eigenvalue weighted by atomic mass is 16.3. The van der Waals surface area contributed by atoms with Gasteiger partial charge in [0.25, 0.3) is 0 Å². The second-order valence-corrected chi connectivity index (χ2v) is 5.20. The van der Waals surface area contributed by atoms with Crippen molar-refractivity contribution in [3.63, 3.8) is 0 Å². The Balaban J connectivity index is 2.07. The third kappa shape index (κ3) is 2.24. The molecule has 0 bridgehead atoms. The van der Waals surface area contributed by atoms with Crippen LogP contribution in [-0.4, -0.2) is 15.1 Å². The minimum absolute atomic E-state index is 0.714. The van der Waals surface area contributed by atoms with Gasteiger partial charge in [-0.1, -0.05) is 13.8 Å². The molecule has 1 aliphatic carbocycles. The lowest BCUT2D eigenvalue weighted by atomic mass is 9.73. The van der Waals surface area contributed by atoms with Crippen molar-refractivity contribution in [3.05, 3.63) is 24.3 Å². The normalized spacial score (nSPS) is 30.6. The van der Waals surface area contributed by atoms with E-state index in [2.05, 4.69) is 23.8 Å². The van der Waals surface area contributed by atoms with E-state index in [1.165, 1.54) is 0 Å². The molecule has 0 unspecified atom stereocenters. The maximum absolute atomic E-state index is 10.5. The zero-order valence-corrected chi connectivity index (χ0v) is 10.1. The molecule has 1 aliphatic rings. The van der Waals surface area contributed by atoms with Crippen LogP contribution in [0.4, 0.5) is 0 Å².